The van der Waals surface area contributed by atoms with E-state index in [0.717, 1.165) is 17.1 Å². The van der Waals surface area contributed by atoms with Crippen molar-refractivity contribution in [3.05, 3.63) is 23.2 Å². The van der Waals surface area contributed by atoms with Crippen molar-refractivity contribution in [2.45, 2.75) is 19.9 Å². The lowest BCUT2D eigenvalue weighted by Gasteiger charge is -2.05. The van der Waals surface area contributed by atoms with Gasteiger partial charge in [0.1, 0.15) is 11.5 Å². The average molecular weight is 154 g/mol. The standard InChI is InChI=1S/C8H14N2O/c1-5-3-7(6(2)11-5)8(10)4-9/h3,8H,4,9-10H2,1-2H3/t8-/m0/s1. The van der Waals surface area contributed by atoms with Gasteiger partial charge in [-0.3, -0.25) is 0 Å². The maximum Gasteiger partial charge on any atom is 0.105 e. The smallest absolute Gasteiger partial charge is 0.105 e. The summed E-state index contributed by atoms with van der Waals surface area (Å²) in [4.78, 5) is 0. The minimum absolute atomic E-state index is 0.0903. The van der Waals surface area contributed by atoms with Crippen LogP contribution in [0.1, 0.15) is 23.1 Å². The van der Waals surface area contributed by atoms with E-state index in [2.05, 4.69) is 0 Å². The van der Waals surface area contributed by atoms with E-state index < -0.39 is 0 Å². The van der Waals surface area contributed by atoms with E-state index in [1.165, 1.54) is 0 Å². The monoisotopic (exact) mass is 154 g/mol. The average Bonchev–Trinajstić information content (AvgIpc) is 2.28. The second kappa shape index (κ2) is 3.07. The van der Waals surface area contributed by atoms with Gasteiger partial charge in [0.15, 0.2) is 0 Å². The molecule has 0 radical (unpaired) electrons. The van der Waals surface area contributed by atoms with Crippen LogP contribution in [0.15, 0.2) is 10.5 Å². The van der Waals surface area contributed by atoms with Crippen LogP contribution in [0.5, 0.6) is 0 Å². The van der Waals surface area contributed by atoms with Gasteiger partial charge in [-0.25, -0.2) is 0 Å². The van der Waals surface area contributed by atoms with Crippen molar-refractivity contribution in [3.8, 4) is 0 Å². The number of furan rings is 1. The van der Waals surface area contributed by atoms with Gasteiger partial charge in [0.25, 0.3) is 0 Å². The Labute approximate surface area is 66.4 Å². The van der Waals surface area contributed by atoms with Gasteiger partial charge < -0.3 is 15.9 Å². The van der Waals surface area contributed by atoms with Crippen LogP contribution in [0.2, 0.25) is 0 Å². The quantitative estimate of drug-likeness (QED) is 0.663. The topological polar surface area (TPSA) is 65.2 Å². The van der Waals surface area contributed by atoms with Crippen LogP contribution in [0.3, 0.4) is 0 Å². The first-order valence-electron chi connectivity index (χ1n) is 3.67. The van der Waals surface area contributed by atoms with Gasteiger partial charge >= 0.3 is 0 Å². The van der Waals surface area contributed by atoms with E-state index in [9.17, 15) is 0 Å². The molecule has 62 valence electrons. The van der Waals surface area contributed by atoms with Crippen LogP contribution in [0.25, 0.3) is 0 Å². The molecule has 0 amide bonds. The van der Waals surface area contributed by atoms with E-state index >= 15 is 0 Å². The third-order valence-corrected chi connectivity index (χ3v) is 1.73. The number of hydrogen-bond donors (Lipinski definition) is 2. The molecule has 0 aliphatic heterocycles. The van der Waals surface area contributed by atoms with Gasteiger partial charge in [0, 0.05) is 18.2 Å². The van der Waals surface area contributed by atoms with E-state index in [-0.39, 0.29) is 6.04 Å². The molecule has 0 spiro atoms. The summed E-state index contributed by atoms with van der Waals surface area (Å²) in [6.07, 6.45) is 0. The van der Waals surface area contributed by atoms with Crippen molar-refractivity contribution >= 4 is 0 Å². The van der Waals surface area contributed by atoms with Crippen LogP contribution in [-0.4, -0.2) is 6.54 Å². The summed E-state index contributed by atoms with van der Waals surface area (Å²) in [7, 11) is 0. The van der Waals surface area contributed by atoms with E-state index in [1.807, 2.05) is 19.9 Å². The predicted octanol–water partition coefficient (Wildman–Crippen LogP) is 0.855. The normalized spacial score (nSPS) is 13.5. The van der Waals surface area contributed by atoms with Gasteiger partial charge in [-0.1, -0.05) is 0 Å². The second-order valence-corrected chi connectivity index (χ2v) is 2.71. The van der Waals surface area contributed by atoms with Gasteiger partial charge in [-0.2, -0.15) is 0 Å². The van der Waals surface area contributed by atoms with Crippen molar-refractivity contribution in [2.75, 3.05) is 6.54 Å². The Morgan fingerprint density at radius 3 is 2.55 bits per heavy atom. The number of hydrogen-bond acceptors (Lipinski definition) is 3. The largest absolute Gasteiger partial charge is 0.466 e. The van der Waals surface area contributed by atoms with E-state index in [1.54, 1.807) is 0 Å². The third-order valence-electron chi connectivity index (χ3n) is 1.73. The zero-order chi connectivity index (χ0) is 8.43. The molecule has 1 aromatic rings. The number of nitrogens with two attached hydrogens (primary N) is 2. The summed E-state index contributed by atoms with van der Waals surface area (Å²) < 4.78 is 5.30. The first-order valence-corrected chi connectivity index (χ1v) is 3.67. The zero-order valence-corrected chi connectivity index (χ0v) is 6.92. The van der Waals surface area contributed by atoms with Crippen LogP contribution < -0.4 is 11.5 Å². The molecule has 0 saturated heterocycles. The van der Waals surface area contributed by atoms with Gasteiger partial charge in [-0.15, -0.1) is 0 Å². The third kappa shape index (κ3) is 1.61. The second-order valence-electron chi connectivity index (χ2n) is 2.71. The van der Waals surface area contributed by atoms with Crippen LogP contribution in [0.4, 0.5) is 0 Å². The summed E-state index contributed by atoms with van der Waals surface area (Å²) in [6.45, 7) is 4.26. The fourth-order valence-corrected chi connectivity index (χ4v) is 1.15. The van der Waals surface area contributed by atoms with Gasteiger partial charge in [0.2, 0.25) is 0 Å². The fraction of sp³-hybridized carbons (Fsp3) is 0.500. The van der Waals surface area contributed by atoms with Crippen molar-refractivity contribution in [3.63, 3.8) is 0 Å². The minimum atomic E-state index is -0.0903. The van der Waals surface area contributed by atoms with Crippen LogP contribution in [0, 0.1) is 13.8 Å². The molecule has 0 bridgehead atoms. The summed E-state index contributed by atoms with van der Waals surface area (Å²) in [5.41, 5.74) is 12.2. The Morgan fingerprint density at radius 2 is 2.18 bits per heavy atom. The first kappa shape index (κ1) is 8.30. The first-order chi connectivity index (χ1) is 5.15. The van der Waals surface area contributed by atoms with Gasteiger partial charge in [-0.05, 0) is 19.9 Å². The van der Waals surface area contributed by atoms with Crippen molar-refractivity contribution in [1.82, 2.24) is 0 Å². The molecule has 1 heterocycles. The molecule has 3 heteroatoms. The predicted molar refractivity (Wildman–Crippen MR) is 44.2 cm³/mol. The maximum absolute atomic E-state index is 5.72. The molecule has 1 rings (SSSR count). The Bertz CT molecular complexity index is 242. The Hall–Kier alpha value is -0.800. The number of rotatable bonds is 2. The molecule has 0 aliphatic carbocycles. The molecular weight excluding hydrogens is 140 g/mol. The lowest BCUT2D eigenvalue weighted by molar-refractivity contribution is 0.497. The van der Waals surface area contributed by atoms with Gasteiger partial charge in [0.05, 0.1) is 0 Å². The van der Waals surface area contributed by atoms with Crippen molar-refractivity contribution in [1.29, 1.82) is 0 Å². The highest BCUT2D eigenvalue weighted by Gasteiger charge is 2.10. The molecule has 11 heavy (non-hydrogen) atoms. The highest BCUT2D eigenvalue weighted by Crippen LogP contribution is 2.18. The van der Waals surface area contributed by atoms with E-state index in [0.29, 0.717) is 6.54 Å². The van der Waals surface area contributed by atoms with Crippen LogP contribution in [-0.2, 0) is 0 Å². The highest BCUT2D eigenvalue weighted by atomic mass is 16.3. The Kier molecular flexibility index (Phi) is 2.31. The SMILES string of the molecule is Cc1cc([C@@H](N)CN)c(C)o1. The Morgan fingerprint density at radius 1 is 1.55 bits per heavy atom. The molecule has 0 saturated carbocycles. The summed E-state index contributed by atoms with van der Waals surface area (Å²) in [5.74, 6) is 1.77. The maximum atomic E-state index is 5.72. The lowest BCUT2D eigenvalue weighted by atomic mass is 10.1. The minimum Gasteiger partial charge on any atom is -0.466 e. The summed E-state index contributed by atoms with van der Waals surface area (Å²) in [5, 5.41) is 0. The van der Waals surface area contributed by atoms with Crippen molar-refractivity contribution in [2.24, 2.45) is 11.5 Å². The molecule has 1 atom stereocenters. The summed E-state index contributed by atoms with van der Waals surface area (Å²) >= 11 is 0. The van der Waals surface area contributed by atoms with Crippen LogP contribution >= 0.6 is 0 Å². The van der Waals surface area contributed by atoms with Crippen molar-refractivity contribution < 1.29 is 4.42 Å². The molecule has 4 N–H and O–H groups in total. The molecule has 3 nitrogen and oxygen atoms in total. The lowest BCUT2D eigenvalue weighted by Crippen LogP contribution is -2.20. The zero-order valence-electron chi connectivity index (χ0n) is 6.92. The molecule has 0 fully saturated rings. The molecule has 0 aromatic carbocycles. The highest BCUT2D eigenvalue weighted by molar-refractivity contribution is 5.23. The Balaban J connectivity index is 2.93. The number of aryl methyl sites for hydroxylation is 2. The fourth-order valence-electron chi connectivity index (χ4n) is 1.15. The molecule has 1 aromatic heterocycles. The molecular formula is C8H14N2O. The summed E-state index contributed by atoms with van der Waals surface area (Å²) in [6, 6.07) is 1.85. The molecule has 0 aliphatic rings. The van der Waals surface area contributed by atoms with E-state index in [4.69, 9.17) is 15.9 Å². The molecule has 0 unspecified atom stereocenters.